The first-order chi connectivity index (χ1) is 10.1. The summed E-state index contributed by atoms with van der Waals surface area (Å²) < 4.78 is 0. The van der Waals surface area contributed by atoms with Crippen LogP contribution in [0.5, 0.6) is 0 Å². The maximum atomic E-state index is 12.4. The maximum Gasteiger partial charge on any atom is 0.293 e. The van der Waals surface area contributed by atoms with Crippen molar-refractivity contribution in [2.75, 3.05) is 0 Å². The minimum absolute atomic E-state index is 0.206. The van der Waals surface area contributed by atoms with Gasteiger partial charge in [-0.3, -0.25) is 14.5 Å². The van der Waals surface area contributed by atoms with Crippen molar-refractivity contribution >= 4 is 40.3 Å². The van der Waals surface area contributed by atoms with Gasteiger partial charge >= 0.3 is 0 Å². The molecular formula is C16H13NO2S2. The van der Waals surface area contributed by atoms with Gasteiger partial charge in [-0.2, -0.15) is 11.3 Å². The van der Waals surface area contributed by atoms with Crippen molar-refractivity contribution in [1.29, 1.82) is 0 Å². The van der Waals surface area contributed by atoms with Gasteiger partial charge in [-0.25, -0.2) is 0 Å². The van der Waals surface area contributed by atoms with Crippen LogP contribution in [0.2, 0.25) is 0 Å². The van der Waals surface area contributed by atoms with Gasteiger partial charge in [0.15, 0.2) is 0 Å². The molecule has 2 amide bonds. The molecule has 106 valence electrons. The molecule has 3 nitrogen and oxygen atoms in total. The number of amides is 2. The Morgan fingerprint density at radius 1 is 1.24 bits per heavy atom. The monoisotopic (exact) mass is 315 g/mol. The van der Waals surface area contributed by atoms with Crippen LogP contribution in [0.15, 0.2) is 46.0 Å². The third-order valence-electron chi connectivity index (χ3n) is 3.14. The summed E-state index contributed by atoms with van der Waals surface area (Å²) in [5.74, 6) is -0.210. The average Bonchev–Trinajstić information content (AvgIpc) is 3.04. The number of nitrogens with zero attached hydrogens (tertiary/aromatic N) is 1. The number of imide groups is 1. The molecular weight excluding hydrogens is 302 g/mol. The minimum atomic E-state index is -0.210. The summed E-state index contributed by atoms with van der Waals surface area (Å²) in [6.07, 6.45) is 1.78. The lowest BCUT2D eigenvalue weighted by molar-refractivity contribution is -0.123. The molecule has 0 bridgehead atoms. The largest absolute Gasteiger partial charge is 0.293 e. The molecule has 1 aliphatic rings. The molecule has 2 heterocycles. The third kappa shape index (κ3) is 3.09. The number of aryl methyl sites for hydroxylation is 1. The van der Waals surface area contributed by atoms with Gasteiger partial charge < -0.3 is 0 Å². The Bertz CT molecular complexity index is 720. The molecule has 0 N–H and O–H groups in total. The maximum absolute atomic E-state index is 12.4. The van der Waals surface area contributed by atoms with E-state index >= 15 is 0 Å². The van der Waals surface area contributed by atoms with Crippen molar-refractivity contribution in [3.63, 3.8) is 0 Å². The number of carbonyl (C=O) groups is 2. The summed E-state index contributed by atoms with van der Waals surface area (Å²) in [6.45, 7) is 2.32. The number of benzene rings is 1. The molecule has 1 aromatic heterocycles. The van der Waals surface area contributed by atoms with Gasteiger partial charge in [-0.15, -0.1) is 0 Å². The van der Waals surface area contributed by atoms with E-state index in [9.17, 15) is 9.59 Å². The fourth-order valence-electron chi connectivity index (χ4n) is 2.14. The molecule has 1 aromatic carbocycles. The van der Waals surface area contributed by atoms with Gasteiger partial charge in [0.2, 0.25) is 0 Å². The molecule has 5 heteroatoms. The Morgan fingerprint density at radius 2 is 2.10 bits per heavy atom. The van der Waals surface area contributed by atoms with Crippen LogP contribution in [-0.4, -0.2) is 16.0 Å². The highest BCUT2D eigenvalue weighted by Crippen LogP contribution is 2.33. The third-order valence-corrected chi connectivity index (χ3v) is 4.75. The number of thiophene rings is 1. The predicted octanol–water partition coefficient (Wildman–Crippen LogP) is 4.29. The summed E-state index contributed by atoms with van der Waals surface area (Å²) in [5, 5.41) is 3.69. The lowest BCUT2D eigenvalue weighted by atomic mass is 10.1. The van der Waals surface area contributed by atoms with Crippen molar-refractivity contribution in [2.45, 2.75) is 13.5 Å². The first-order valence-electron chi connectivity index (χ1n) is 6.46. The van der Waals surface area contributed by atoms with Crippen LogP contribution in [0.1, 0.15) is 16.7 Å². The molecule has 0 saturated carbocycles. The molecule has 21 heavy (non-hydrogen) atoms. The van der Waals surface area contributed by atoms with E-state index in [0.29, 0.717) is 11.4 Å². The highest BCUT2D eigenvalue weighted by molar-refractivity contribution is 8.18. The van der Waals surface area contributed by atoms with Gasteiger partial charge in [0.05, 0.1) is 11.4 Å². The normalized spacial score (nSPS) is 17.0. The number of hydrogen-bond donors (Lipinski definition) is 0. The van der Waals surface area contributed by atoms with Crippen LogP contribution >= 0.6 is 23.1 Å². The first-order valence-corrected chi connectivity index (χ1v) is 8.22. The molecule has 1 fully saturated rings. The molecule has 0 radical (unpaired) electrons. The lowest BCUT2D eigenvalue weighted by Crippen LogP contribution is -2.27. The van der Waals surface area contributed by atoms with Crippen LogP contribution in [0.4, 0.5) is 4.79 Å². The molecule has 1 saturated heterocycles. The average molecular weight is 315 g/mol. The van der Waals surface area contributed by atoms with E-state index in [1.54, 1.807) is 17.4 Å². The second-order valence-electron chi connectivity index (χ2n) is 4.81. The summed E-state index contributed by atoms with van der Waals surface area (Å²) in [6, 6.07) is 9.78. The highest BCUT2D eigenvalue weighted by Gasteiger charge is 2.34. The van der Waals surface area contributed by atoms with Crippen LogP contribution in [0.25, 0.3) is 6.08 Å². The lowest BCUT2D eigenvalue weighted by Gasteiger charge is -2.12. The molecule has 0 aliphatic carbocycles. The minimum Gasteiger partial charge on any atom is -0.268 e. The Morgan fingerprint density at radius 3 is 2.81 bits per heavy atom. The Hall–Kier alpha value is -1.85. The van der Waals surface area contributed by atoms with Gasteiger partial charge in [0, 0.05) is 0 Å². The number of carbonyl (C=O) groups excluding carboxylic acids is 2. The van der Waals surface area contributed by atoms with E-state index in [-0.39, 0.29) is 11.1 Å². The van der Waals surface area contributed by atoms with Crippen molar-refractivity contribution in [2.24, 2.45) is 0 Å². The van der Waals surface area contributed by atoms with Crippen LogP contribution in [-0.2, 0) is 11.3 Å². The fraction of sp³-hybridized carbons (Fsp3) is 0.125. The quantitative estimate of drug-likeness (QED) is 0.793. The zero-order chi connectivity index (χ0) is 14.8. The van der Waals surface area contributed by atoms with E-state index in [0.717, 1.165) is 28.5 Å². The summed E-state index contributed by atoms with van der Waals surface area (Å²) in [4.78, 5) is 26.2. The fourth-order valence-corrected chi connectivity index (χ4v) is 3.59. The predicted molar refractivity (Wildman–Crippen MR) is 87.0 cm³/mol. The molecule has 2 aromatic rings. The summed E-state index contributed by atoms with van der Waals surface area (Å²) in [5.41, 5.74) is 3.04. The number of thioether (sulfide) groups is 1. The Labute approximate surface area is 131 Å². The molecule has 0 unspecified atom stereocenters. The second-order valence-corrected chi connectivity index (χ2v) is 6.59. The van der Waals surface area contributed by atoms with Gasteiger partial charge in [-0.1, -0.05) is 29.8 Å². The summed E-state index contributed by atoms with van der Waals surface area (Å²) >= 11 is 2.57. The van der Waals surface area contributed by atoms with Crippen molar-refractivity contribution in [1.82, 2.24) is 4.90 Å². The van der Waals surface area contributed by atoms with E-state index in [1.807, 2.05) is 48.0 Å². The Balaban J connectivity index is 1.81. The van der Waals surface area contributed by atoms with Crippen LogP contribution in [0.3, 0.4) is 0 Å². The highest BCUT2D eigenvalue weighted by atomic mass is 32.2. The first kappa shape index (κ1) is 14.1. The smallest absolute Gasteiger partial charge is 0.268 e. The molecule has 3 rings (SSSR count). The molecule has 1 aliphatic heterocycles. The zero-order valence-electron chi connectivity index (χ0n) is 11.4. The van der Waals surface area contributed by atoms with Gasteiger partial charge in [0.25, 0.3) is 11.1 Å². The molecule has 0 spiro atoms. The van der Waals surface area contributed by atoms with E-state index in [4.69, 9.17) is 0 Å². The van der Waals surface area contributed by atoms with Crippen molar-refractivity contribution in [3.05, 3.63) is 62.7 Å². The Kier molecular flexibility index (Phi) is 3.94. The standard InChI is InChI=1S/C16H13NO2S2/c1-11-3-2-4-12(7-11)9-17-15(18)14(21-16(17)19)8-13-5-6-20-10-13/h2-8,10H,9H2,1H3/b14-8-. The van der Waals surface area contributed by atoms with Gasteiger partial charge in [0.1, 0.15) is 0 Å². The van der Waals surface area contributed by atoms with E-state index in [2.05, 4.69) is 0 Å². The summed E-state index contributed by atoms with van der Waals surface area (Å²) in [7, 11) is 0. The van der Waals surface area contributed by atoms with Crippen molar-refractivity contribution < 1.29 is 9.59 Å². The van der Waals surface area contributed by atoms with E-state index in [1.165, 1.54) is 4.90 Å². The van der Waals surface area contributed by atoms with Crippen molar-refractivity contribution in [3.8, 4) is 0 Å². The number of rotatable bonds is 3. The molecule has 0 atom stereocenters. The second kappa shape index (κ2) is 5.87. The topological polar surface area (TPSA) is 37.4 Å². The van der Waals surface area contributed by atoms with Crippen LogP contribution < -0.4 is 0 Å². The zero-order valence-corrected chi connectivity index (χ0v) is 13.0. The number of hydrogen-bond acceptors (Lipinski definition) is 4. The van der Waals surface area contributed by atoms with Gasteiger partial charge in [-0.05, 0) is 52.7 Å². The van der Waals surface area contributed by atoms with Crippen LogP contribution in [0, 0.1) is 6.92 Å². The SMILES string of the molecule is Cc1cccc(CN2C(=O)S/C(=C\c3ccsc3)C2=O)c1. The van der Waals surface area contributed by atoms with E-state index < -0.39 is 0 Å².